The van der Waals surface area contributed by atoms with E-state index >= 15 is 0 Å². The molecule has 0 unspecified atom stereocenters. The number of guanidine groups is 1. The predicted octanol–water partition coefficient (Wildman–Crippen LogP) is 0.343. The van der Waals surface area contributed by atoms with Crippen molar-refractivity contribution >= 4 is 54.0 Å². The standard InChI is InChI=1S/C15H22N8O2.2ClH/c1-8-9(16)7-21-11(8)13(24)22-10-3-6-23(2)12(10)14(25)19-4-5-20-15(17)18;;/h3,6-7,21H,4-5,16H2,1-2H3,(H,19,25)(H,22,24)(H4,17,18,20);2*1H. The first kappa shape index (κ1) is 24.1. The van der Waals surface area contributed by atoms with Gasteiger partial charge in [-0.25, -0.2) is 0 Å². The van der Waals surface area contributed by atoms with Gasteiger partial charge in [-0.15, -0.1) is 24.8 Å². The number of aryl methyl sites for hydroxylation is 1. The Hall–Kier alpha value is -2.85. The Morgan fingerprint density at radius 3 is 2.48 bits per heavy atom. The molecule has 0 aliphatic carbocycles. The number of carbonyl (C=O) groups is 2. The van der Waals surface area contributed by atoms with Crippen molar-refractivity contribution in [3.05, 3.63) is 35.4 Å². The zero-order valence-corrected chi connectivity index (χ0v) is 16.5. The van der Waals surface area contributed by atoms with Gasteiger partial charge in [0, 0.05) is 31.5 Å². The summed E-state index contributed by atoms with van der Waals surface area (Å²) in [7, 11) is 1.71. The zero-order chi connectivity index (χ0) is 18.6. The molecule has 0 fully saturated rings. The molecule has 2 aromatic rings. The molecule has 0 aliphatic rings. The summed E-state index contributed by atoms with van der Waals surface area (Å²) in [6.45, 7) is 2.27. The summed E-state index contributed by atoms with van der Waals surface area (Å²) in [6, 6.07) is 1.64. The number of hydrogen-bond acceptors (Lipinski definition) is 4. The van der Waals surface area contributed by atoms with Gasteiger partial charge < -0.3 is 37.4 Å². The molecule has 0 bridgehead atoms. The number of carbonyl (C=O) groups excluding carboxylic acids is 2. The minimum absolute atomic E-state index is 0. The number of aromatic nitrogens is 2. The highest BCUT2D eigenvalue weighted by Gasteiger charge is 2.19. The number of nitrogens with one attached hydrogen (secondary N) is 3. The molecule has 2 heterocycles. The van der Waals surface area contributed by atoms with Gasteiger partial charge in [0.1, 0.15) is 11.4 Å². The van der Waals surface area contributed by atoms with Crippen LogP contribution < -0.4 is 27.8 Å². The topological polar surface area (TPSA) is 169 Å². The fourth-order valence-electron chi connectivity index (χ4n) is 2.28. The normalized spacial score (nSPS) is 9.56. The maximum absolute atomic E-state index is 12.4. The van der Waals surface area contributed by atoms with E-state index in [0.717, 1.165) is 0 Å². The molecule has 0 atom stereocenters. The lowest BCUT2D eigenvalue weighted by molar-refractivity contribution is 0.0947. The van der Waals surface area contributed by atoms with E-state index in [1.165, 1.54) is 0 Å². The lowest BCUT2D eigenvalue weighted by atomic mass is 10.2. The number of nitrogens with two attached hydrogens (primary N) is 3. The molecule has 0 spiro atoms. The minimum Gasteiger partial charge on any atom is -0.397 e. The number of halogens is 2. The van der Waals surface area contributed by atoms with Crippen molar-refractivity contribution in [3.63, 3.8) is 0 Å². The van der Waals surface area contributed by atoms with Crippen LogP contribution in [-0.4, -0.2) is 40.4 Å². The van der Waals surface area contributed by atoms with E-state index in [1.807, 2.05) is 0 Å². The second-order valence-corrected chi connectivity index (χ2v) is 5.45. The fourth-order valence-corrected chi connectivity index (χ4v) is 2.28. The van der Waals surface area contributed by atoms with Crippen molar-refractivity contribution < 1.29 is 9.59 Å². The van der Waals surface area contributed by atoms with Crippen molar-refractivity contribution in [3.8, 4) is 0 Å². The van der Waals surface area contributed by atoms with Gasteiger partial charge in [0.25, 0.3) is 11.8 Å². The minimum atomic E-state index is -0.380. The second kappa shape index (κ2) is 10.3. The van der Waals surface area contributed by atoms with Gasteiger partial charge in [-0.05, 0) is 13.0 Å². The Bertz CT molecular complexity index is 824. The second-order valence-electron chi connectivity index (χ2n) is 5.45. The third-order valence-corrected chi connectivity index (χ3v) is 3.63. The molecule has 0 saturated carbocycles. The number of anilines is 2. The number of amides is 2. The third kappa shape index (κ3) is 5.83. The van der Waals surface area contributed by atoms with Crippen LogP contribution in [0.25, 0.3) is 0 Å². The molecule has 0 aliphatic heterocycles. The van der Waals surface area contributed by atoms with Gasteiger partial charge in [0.2, 0.25) is 0 Å². The molecular weight excluding hydrogens is 395 g/mol. The molecule has 27 heavy (non-hydrogen) atoms. The lowest BCUT2D eigenvalue weighted by Gasteiger charge is -2.09. The van der Waals surface area contributed by atoms with Gasteiger partial charge >= 0.3 is 0 Å². The highest BCUT2D eigenvalue weighted by Crippen LogP contribution is 2.20. The summed E-state index contributed by atoms with van der Waals surface area (Å²) < 4.78 is 1.61. The van der Waals surface area contributed by atoms with E-state index in [4.69, 9.17) is 17.2 Å². The lowest BCUT2D eigenvalue weighted by Crippen LogP contribution is -2.30. The Balaban J connectivity index is 0.00000338. The number of nitrogens with zero attached hydrogens (tertiary/aromatic N) is 2. The number of rotatable bonds is 6. The number of nitrogen functional groups attached to an aromatic ring is 1. The smallest absolute Gasteiger partial charge is 0.272 e. The van der Waals surface area contributed by atoms with Crippen molar-refractivity contribution in [1.82, 2.24) is 14.9 Å². The van der Waals surface area contributed by atoms with E-state index in [2.05, 4.69) is 20.6 Å². The monoisotopic (exact) mass is 418 g/mol. The van der Waals surface area contributed by atoms with Crippen LogP contribution in [-0.2, 0) is 7.05 Å². The van der Waals surface area contributed by atoms with Crippen LogP contribution in [0.1, 0.15) is 26.5 Å². The summed E-state index contributed by atoms with van der Waals surface area (Å²) in [5, 5.41) is 5.41. The van der Waals surface area contributed by atoms with Gasteiger partial charge in [0.05, 0.1) is 17.9 Å². The molecule has 0 radical (unpaired) electrons. The third-order valence-electron chi connectivity index (χ3n) is 3.63. The molecule has 12 heteroatoms. The maximum atomic E-state index is 12.4. The van der Waals surface area contributed by atoms with E-state index in [9.17, 15) is 9.59 Å². The van der Waals surface area contributed by atoms with Crippen molar-refractivity contribution in [2.24, 2.45) is 23.5 Å². The van der Waals surface area contributed by atoms with Gasteiger partial charge in [-0.1, -0.05) is 0 Å². The molecule has 150 valence electrons. The number of H-pyrrole nitrogens is 1. The Kier molecular flexibility index (Phi) is 9.24. The zero-order valence-electron chi connectivity index (χ0n) is 14.9. The molecule has 0 saturated heterocycles. The summed E-state index contributed by atoms with van der Waals surface area (Å²) in [5.41, 5.74) is 18.4. The largest absolute Gasteiger partial charge is 0.397 e. The number of aliphatic imine (C=N–C) groups is 1. The van der Waals surface area contributed by atoms with E-state index in [1.54, 1.807) is 37.0 Å². The van der Waals surface area contributed by atoms with Gasteiger partial charge in [-0.2, -0.15) is 0 Å². The van der Waals surface area contributed by atoms with Crippen LogP contribution in [0.2, 0.25) is 0 Å². The quantitative estimate of drug-likeness (QED) is 0.225. The Morgan fingerprint density at radius 1 is 1.26 bits per heavy atom. The molecular formula is C15H24Cl2N8O2. The summed E-state index contributed by atoms with van der Waals surface area (Å²) in [4.78, 5) is 31.3. The average Bonchev–Trinajstić information content (AvgIpc) is 3.07. The van der Waals surface area contributed by atoms with Crippen LogP contribution >= 0.6 is 24.8 Å². The van der Waals surface area contributed by atoms with Crippen LogP contribution in [0.5, 0.6) is 0 Å². The maximum Gasteiger partial charge on any atom is 0.272 e. The van der Waals surface area contributed by atoms with E-state index in [-0.39, 0.29) is 55.7 Å². The summed E-state index contributed by atoms with van der Waals surface area (Å²) in [6.07, 6.45) is 3.23. The molecule has 2 rings (SSSR count). The highest BCUT2D eigenvalue weighted by molar-refractivity contribution is 6.08. The first-order chi connectivity index (χ1) is 11.8. The highest BCUT2D eigenvalue weighted by atomic mass is 35.5. The van der Waals surface area contributed by atoms with Crippen LogP contribution in [0.3, 0.4) is 0 Å². The van der Waals surface area contributed by atoms with Crippen LogP contribution in [0, 0.1) is 6.92 Å². The summed E-state index contributed by atoms with van der Waals surface area (Å²) in [5.74, 6) is -0.770. The SMILES string of the molecule is Cc1c(N)c[nH]c1C(=O)Nc1ccn(C)c1C(=O)NCCN=C(N)N.Cl.Cl. The molecule has 2 amide bonds. The van der Waals surface area contributed by atoms with Crippen molar-refractivity contribution in [1.29, 1.82) is 0 Å². The average molecular weight is 419 g/mol. The van der Waals surface area contributed by atoms with Crippen LogP contribution in [0.15, 0.2) is 23.5 Å². The fraction of sp³-hybridized carbons (Fsp3) is 0.267. The van der Waals surface area contributed by atoms with Crippen molar-refractivity contribution in [2.45, 2.75) is 6.92 Å². The molecule has 2 aromatic heterocycles. The molecule has 10 nitrogen and oxygen atoms in total. The first-order valence-corrected chi connectivity index (χ1v) is 7.55. The number of hydrogen-bond donors (Lipinski definition) is 6. The summed E-state index contributed by atoms with van der Waals surface area (Å²) >= 11 is 0. The molecule has 9 N–H and O–H groups in total. The van der Waals surface area contributed by atoms with Crippen LogP contribution in [0.4, 0.5) is 11.4 Å². The van der Waals surface area contributed by atoms with E-state index < -0.39 is 0 Å². The predicted molar refractivity (Wildman–Crippen MR) is 111 cm³/mol. The Labute approximate surface area is 168 Å². The first-order valence-electron chi connectivity index (χ1n) is 7.55. The van der Waals surface area contributed by atoms with Gasteiger partial charge in [0.15, 0.2) is 5.96 Å². The van der Waals surface area contributed by atoms with E-state index in [0.29, 0.717) is 28.3 Å². The Morgan fingerprint density at radius 2 is 1.93 bits per heavy atom. The molecule has 0 aromatic carbocycles. The van der Waals surface area contributed by atoms with Crippen molar-refractivity contribution in [2.75, 3.05) is 24.1 Å². The number of aromatic amines is 1. The van der Waals surface area contributed by atoms with Gasteiger partial charge in [-0.3, -0.25) is 14.6 Å².